The molecule has 0 aliphatic carbocycles. The van der Waals surface area contributed by atoms with Gasteiger partial charge in [-0.1, -0.05) is 5.16 Å². The molecule has 154 valence electrons. The van der Waals surface area contributed by atoms with E-state index < -0.39 is 41.0 Å². The average molecular weight is 446 g/mol. The summed E-state index contributed by atoms with van der Waals surface area (Å²) in [5.41, 5.74) is 4.48. The van der Waals surface area contributed by atoms with Crippen LogP contribution < -0.4 is 45.7 Å². The first-order valence-electron chi connectivity index (χ1n) is 8.11. The van der Waals surface area contributed by atoms with E-state index in [-0.39, 0.29) is 59.0 Å². The van der Waals surface area contributed by atoms with Gasteiger partial charge in [-0.15, -0.1) is 11.8 Å². The fourth-order valence-electron chi connectivity index (χ4n) is 2.85. The fourth-order valence-corrected chi connectivity index (χ4v) is 4.18. The van der Waals surface area contributed by atoms with Crippen molar-refractivity contribution in [3.05, 3.63) is 35.4 Å². The zero-order chi connectivity index (χ0) is 21.1. The van der Waals surface area contributed by atoms with Gasteiger partial charge in [0.25, 0.3) is 11.8 Å². The second kappa shape index (κ2) is 10.0. The molecule has 3 amide bonds. The van der Waals surface area contributed by atoms with Crippen LogP contribution in [-0.4, -0.2) is 65.4 Å². The summed E-state index contributed by atoms with van der Waals surface area (Å²) in [4.78, 5) is 53.0. The van der Waals surface area contributed by atoms with Gasteiger partial charge in [0.05, 0.1) is 17.9 Å². The number of amides is 3. The van der Waals surface area contributed by atoms with E-state index in [0.29, 0.717) is 0 Å². The smallest absolute Gasteiger partial charge is 0.543 e. The van der Waals surface area contributed by atoms with E-state index in [1.54, 1.807) is 6.07 Å². The Morgan fingerprint density at radius 2 is 2.20 bits per heavy atom. The van der Waals surface area contributed by atoms with E-state index >= 15 is 0 Å². The van der Waals surface area contributed by atoms with Crippen molar-refractivity contribution in [2.75, 3.05) is 19.5 Å². The van der Waals surface area contributed by atoms with Gasteiger partial charge >= 0.3 is 35.7 Å². The van der Waals surface area contributed by atoms with Crippen molar-refractivity contribution in [3.8, 4) is 0 Å². The van der Waals surface area contributed by atoms with Crippen molar-refractivity contribution >= 4 is 41.4 Å². The molecule has 0 bridgehead atoms. The third-order valence-corrected chi connectivity index (χ3v) is 5.41. The molecule has 0 spiro atoms. The second-order valence-corrected chi connectivity index (χ2v) is 6.91. The molecule has 2 aliphatic heterocycles. The van der Waals surface area contributed by atoms with E-state index in [1.165, 1.54) is 31.2 Å². The van der Waals surface area contributed by atoms with Crippen molar-refractivity contribution in [2.24, 2.45) is 10.9 Å². The summed E-state index contributed by atoms with van der Waals surface area (Å²) in [6.07, 6.45) is 0.262. The number of hydrogen-bond acceptors (Lipinski definition) is 10. The molecule has 1 aromatic rings. The van der Waals surface area contributed by atoms with Gasteiger partial charge in [-0.05, 0) is 12.1 Å². The number of hydrogen-bond donors (Lipinski definition) is 2. The Hall–Kier alpha value is -2.48. The van der Waals surface area contributed by atoms with Crippen LogP contribution in [0.25, 0.3) is 0 Å². The van der Waals surface area contributed by atoms with Crippen LogP contribution in [0.3, 0.4) is 0 Å². The third-order valence-electron chi connectivity index (χ3n) is 4.07. The molecule has 0 saturated carbocycles. The normalized spacial score (nSPS) is 20.5. The zero-order valence-corrected chi connectivity index (χ0v) is 18.8. The zero-order valence-electron chi connectivity index (χ0n) is 15.9. The molecule has 1 aromatic heterocycles. The van der Waals surface area contributed by atoms with Gasteiger partial charge in [-0.25, -0.2) is 4.79 Å². The number of nitrogens with zero attached hydrogens (tertiary/aromatic N) is 2. The van der Waals surface area contributed by atoms with Crippen LogP contribution in [0.5, 0.6) is 0 Å². The number of carboxylic acids is 1. The molecule has 3 heterocycles. The van der Waals surface area contributed by atoms with Crippen molar-refractivity contribution in [1.82, 2.24) is 10.2 Å². The van der Waals surface area contributed by atoms with E-state index in [2.05, 4.69) is 20.0 Å². The number of β-lactam (4-membered cyclic amide) rings is 1. The van der Waals surface area contributed by atoms with Crippen LogP contribution in [0.1, 0.15) is 5.76 Å². The van der Waals surface area contributed by atoms with Crippen LogP contribution in [0.2, 0.25) is 0 Å². The minimum Gasteiger partial charge on any atom is -0.543 e. The first-order valence-corrected chi connectivity index (χ1v) is 9.16. The molecule has 1 saturated heterocycles. The van der Waals surface area contributed by atoms with Gasteiger partial charge in [-0.2, -0.15) is 0 Å². The molecular weight excluding hydrogens is 431 g/mol. The number of furan rings is 1. The predicted molar refractivity (Wildman–Crippen MR) is 94.8 cm³/mol. The number of rotatable bonds is 7. The topological polar surface area (TPSA) is 177 Å². The molecule has 3 rings (SSSR count). The quantitative estimate of drug-likeness (QED) is 0.180. The summed E-state index contributed by atoms with van der Waals surface area (Å²) in [5.74, 6) is -2.74. The number of carbonyl (C=O) groups is 4. The largest absolute Gasteiger partial charge is 1.00 e. The Morgan fingerprint density at radius 1 is 1.47 bits per heavy atom. The van der Waals surface area contributed by atoms with Crippen LogP contribution in [0.15, 0.2) is 39.2 Å². The minimum atomic E-state index is -1.60. The number of carboxylic acid groups (broad SMARTS) is 1. The van der Waals surface area contributed by atoms with Crippen LogP contribution >= 0.6 is 11.8 Å². The molecule has 0 aromatic carbocycles. The van der Waals surface area contributed by atoms with Crippen LogP contribution in [0, 0.1) is 0 Å². The molecule has 0 radical (unpaired) electrons. The third kappa shape index (κ3) is 4.64. The second-order valence-electron chi connectivity index (χ2n) is 5.81. The van der Waals surface area contributed by atoms with Gasteiger partial charge in [-0.3, -0.25) is 14.5 Å². The number of aliphatic carboxylic acids is 1. The Kier molecular flexibility index (Phi) is 7.95. The molecule has 12 nitrogen and oxygen atoms in total. The van der Waals surface area contributed by atoms with Gasteiger partial charge in [0.2, 0.25) is 5.71 Å². The number of ether oxygens (including phenoxy) is 1. The van der Waals surface area contributed by atoms with Crippen molar-refractivity contribution in [1.29, 1.82) is 0 Å². The standard InChI is InChI=1S/C16H16N4O8S.Na/c1-26-19-9(8-3-2-4-27-8)12(21)18-10-13(22)20-11(15(23)24)7(5-28-16(17)25)6-29-14(10)20;/h2-4,10,14H,5-6H2,1H3,(H2,17,25)(H,18,21)(H,23,24);/q;+1/p-1/t10-,14?;/m1./s1. The van der Waals surface area contributed by atoms with E-state index in [9.17, 15) is 24.3 Å². The molecule has 1 fully saturated rings. The first kappa shape index (κ1) is 23.8. The summed E-state index contributed by atoms with van der Waals surface area (Å²) >= 11 is 1.18. The summed E-state index contributed by atoms with van der Waals surface area (Å²) < 4.78 is 9.75. The Labute approximate surface area is 196 Å². The average Bonchev–Trinajstić information content (AvgIpc) is 3.21. The van der Waals surface area contributed by atoms with Gasteiger partial charge in [0.1, 0.15) is 25.1 Å². The van der Waals surface area contributed by atoms with Gasteiger partial charge < -0.3 is 34.9 Å². The van der Waals surface area contributed by atoms with Crippen molar-refractivity contribution in [3.63, 3.8) is 0 Å². The maximum atomic E-state index is 12.5. The summed E-state index contributed by atoms with van der Waals surface area (Å²) in [6.45, 7) is -0.387. The molecule has 14 heteroatoms. The number of nitrogens with two attached hydrogens (primary N) is 1. The van der Waals surface area contributed by atoms with Crippen molar-refractivity contribution < 1.29 is 67.8 Å². The number of nitrogens with one attached hydrogen (secondary N) is 1. The molecule has 3 N–H and O–H groups in total. The molecule has 2 aliphatic rings. The predicted octanol–water partition coefficient (Wildman–Crippen LogP) is -4.87. The van der Waals surface area contributed by atoms with E-state index in [0.717, 1.165) is 4.90 Å². The Bertz CT molecular complexity index is 916. The maximum Gasteiger partial charge on any atom is 1.00 e. The van der Waals surface area contributed by atoms with Crippen LogP contribution in [0.4, 0.5) is 4.79 Å². The number of primary amides is 1. The van der Waals surface area contributed by atoms with Crippen molar-refractivity contribution in [2.45, 2.75) is 11.4 Å². The Balaban J connectivity index is 0.00000320. The monoisotopic (exact) mass is 446 g/mol. The van der Waals surface area contributed by atoms with Crippen LogP contribution in [-0.2, 0) is 24.0 Å². The SMILES string of the molecule is CON=C(C(=O)N[C@@H]1C(=O)N2C(C(=O)[O-])=C(COC(N)=O)CSC12)c1ccco1.[Na+]. The molecule has 30 heavy (non-hydrogen) atoms. The fraction of sp³-hybridized carbons (Fsp3) is 0.312. The van der Waals surface area contributed by atoms with Gasteiger partial charge in [0.15, 0.2) is 5.76 Å². The Morgan fingerprint density at radius 3 is 2.77 bits per heavy atom. The summed E-state index contributed by atoms with van der Waals surface area (Å²) in [6, 6.07) is 2.04. The summed E-state index contributed by atoms with van der Waals surface area (Å²) in [5, 5.41) is 17.0. The van der Waals surface area contributed by atoms with Gasteiger partial charge in [0, 0.05) is 11.3 Å². The number of thioether (sulfide) groups is 1. The minimum absolute atomic E-state index is 0. The number of carbonyl (C=O) groups excluding carboxylic acids is 4. The maximum absolute atomic E-state index is 12.5. The summed E-state index contributed by atoms with van der Waals surface area (Å²) in [7, 11) is 1.25. The van der Waals surface area contributed by atoms with E-state index in [4.69, 9.17) is 10.2 Å². The molecular formula is C16H15N4NaO8S. The molecule has 1 unspecified atom stereocenters. The number of fused-ring (bicyclic) bond motifs is 1. The first-order chi connectivity index (χ1) is 13.8. The number of oxime groups is 1. The van der Waals surface area contributed by atoms with E-state index in [1.807, 2.05) is 0 Å². The molecule has 2 atom stereocenters.